The fourth-order valence-corrected chi connectivity index (χ4v) is 2.82. The van der Waals surface area contributed by atoms with Gasteiger partial charge in [0.15, 0.2) is 5.65 Å². The van der Waals surface area contributed by atoms with E-state index in [-0.39, 0.29) is 0 Å². The van der Waals surface area contributed by atoms with Gasteiger partial charge in [0.25, 0.3) is 0 Å². The van der Waals surface area contributed by atoms with Gasteiger partial charge in [-0.25, -0.2) is 0 Å². The van der Waals surface area contributed by atoms with Gasteiger partial charge in [0.1, 0.15) is 5.82 Å². The monoisotopic (exact) mass is 259 g/mol. The second kappa shape index (κ2) is 4.90. The third kappa shape index (κ3) is 2.24. The molecule has 1 fully saturated rings. The first-order valence-electron chi connectivity index (χ1n) is 6.96. The molecule has 3 rings (SSSR count). The van der Waals surface area contributed by atoms with Crippen molar-refractivity contribution in [1.29, 1.82) is 0 Å². The molecule has 19 heavy (non-hydrogen) atoms. The van der Waals surface area contributed by atoms with Crippen molar-refractivity contribution in [2.75, 3.05) is 13.1 Å². The SMILES string of the molecule is CC(C)N1CCC(c2nnc3ccc(CN)cn23)C1. The third-order valence-electron chi connectivity index (χ3n) is 4.04. The molecule has 0 bridgehead atoms. The highest BCUT2D eigenvalue weighted by molar-refractivity contribution is 5.40. The molecule has 1 aliphatic heterocycles. The quantitative estimate of drug-likeness (QED) is 0.905. The highest BCUT2D eigenvalue weighted by atomic mass is 15.3. The number of pyridine rings is 1. The molecule has 102 valence electrons. The lowest BCUT2D eigenvalue weighted by Gasteiger charge is -2.19. The summed E-state index contributed by atoms with van der Waals surface area (Å²) in [4.78, 5) is 2.50. The molecule has 2 N–H and O–H groups in total. The van der Waals surface area contributed by atoms with Crippen LogP contribution in [-0.2, 0) is 6.54 Å². The summed E-state index contributed by atoms with van der Waals surface area (Å²) in [6.45, 7) is 7.27. The molecule has 5 nitrogen and oxygen atoms in total. The van der Waals surface area contributed by atoms with Crippen molar-refractivity contribution in [2.45, 2.75) is 38.8 Å². The van der Waals surface area contributed by atoms with Gasteiger partial charge in [-0.05, 0) is 38.4 Å². The number of hydrogen-bond acceptors (Lipinski definition) is 4. The number of likely N-dealkylation sites (tertiary alicyclic amines) is 1. The van der Waals surface area contributed by atoms with E-state index in [0.717, 1.165) is 36.5 Å². The highest BCUT2D eigenvalue weighted by Crippen LogP contribution is 2.27. The Morgan fingerprint density at radius 3 is 2.89 bits per heavy atom. The van der Waals surface area contributed by atoms with Gasteiger partial charge in [-0.1, -0.05) is 6.07 Å². The summed E-state index contributed by atoms with van der Waals surface area (Å²) in [5.41, 5.74) is 7.74. The Kier molecular flexibility index (Phi) is 3.24. The zero-order valence-electron chi connectivity index (χ0n) is 11.6. The minimum absolute atomic E-state index is 0.477. The molecule has 0 aliphatic carbocycles. The molecule has 1 unspecified atom stereocenters. The van der Waals surface area contributed by atoms with E-state index >= 15 is 0 Å². The maximum Gasteiger partial charge on any atom is 0.160 e. The standard InChI is InChI=1S/C14H21N5/c1-10(2)18-6-5-12(9-18)14-17-16-13-4-3-11(7-15)8-19(13)14/h3-4,8,10,12H,5-7,9,15H2,1-2H3. The summed E-state index contributed by atoms with van der Waals surface area (Å²) < 4.78 is 2.11. The van der Waals surface area contributed by atoms with Crippen LogP contribution in [0.25, 0.3) is 5.65 Å². The van der Waals surface area contributed by atoms with Crippen molar-refractivity contribution in [2.24, 2.45) is 5.73 Å². The van der Waals surface area contributed by atoms with Crippen LogP contribution in [0.1, 0.15) is 37.6 Å². The van der Waals surface area contributed by atoms with Gasteiger partial charge in [0.2, 0.25) is 0 Å². The first-order chi connectivity index (χ1) is 9.19. The normalized spacial score (nSPS) is 20.7. The van der Waals surface area contributed by atoms with E-state index < -0.39 is 0 Å². The number of hydrogen-bond donors (Lipinski definition) is 1. The maximum absolute atomic E-state index is 5.71. The van der Waals surface area contributed by atoms with Crippen molar-refractivity contribution in [3.63, 3.8) is 0 Å². The molecule has 1 saturated heterocycles. The molecule has 5 heteroatoms. The van der Waals surface area contributed by atoms with Crippen LogP contribution in [0.2, 0.25) is 0 Å². The van der Waals surface area contributed by atoms with E-state index in [2.05, 4.69) is 39.5 Å². The van der Waals surface area contributed by atoms with Gasteiger partial charge in [0, 0.05) is 31.2 Å². The van der Waals surface area contributed by atoms with E-state index in [1.54, 1.807) is 0 Å². The molecule has 2 aromatic rings. The summed E-state index contributed by atoms with van der Waals surface area (Å²) >= 11 is 0. The summed E-state index contributed by atoms with van der Waals surface area (Å²) in [6, 6.07) is 4.61. The van der Waals surface area contributed by atoms with Crippen LogP contribution >= 0.6 is 0 Å². The first kappa shape index (κ1) is 12.6. The fraction of sp³-hybridized carbons (Fsp3) is 0.571. The van der Waals surface area contributed by atoms with Crippen LogP contribution in [0.3, 0.4) is 0 Å². The Labute approximate surface area is 113 Å². The smallest absolute Gasteiger partial charge is 0.160 e. The maximum atomic E-state index is 5.71. The molecule has 1 atom stereocenters. The van der Waals surface area contributed by atoms with Crippen molar-refractivity contribution in [1.82, 2.24) is 19.5 Å². The van der Waals surface area contributed by atoms with E-state index in [9.17, 15) is 0 Å². The number of fused-ring (bicyclic) bond motifs is 1. The molecule has 2 aromatic heterocycles. The van der Waals surface area contributed by atoms with Crippen LogP contribution in [0.5, 0.6) is 0 Å². The largest absolute Gasteiger partial charge is 0.326 e. The van der Waals surface area contributed by atoms with E-state index in [0.29, 0.717) is 18.5 Å². The number of rotatable bonds is 3. The topological polar surface area (TPSA) is 59.5 Å². The Balaban J connectivity index is 1.93. The lowest BCUT2D eigenvalue weighted by Crippen LogP contribution is -2.28. The van der Waals surface area contributed by atoms with E-state index in [1.807, 2.05) is 12.1 Å². The summed E-state index contributed by atoms with van der Waals surface area (Å²) in [5.74, 6) is 1.55. The van der Waals surface area contributed by atoms with E-state index in [4.69, 9.17) is 5.73 Å². The van der Waals surface area contributed by atoms with Crippen LogP contribution in [0, 0.1) is 0 Å². The second-order valence-electron chi connectivity index (χ2n) is 5.60. The molecule has 0 amide bonds. The third-order valence-corrected chi connectivity index (χ3v) is 4.04. The molecule has 3 heterocycles. The predicted molar refractivity (Wildman–Crippen MR) is 74.9 cm³/mol. The van der Waals surface area contributed by atoms with Gasteiger partial charge in [0.05, 0.1) is 0 Å². The second-order valence-corrected chi connectivity index (χ2v) is 5.60. The van der Waals surface area contributed by atoms with Crippen LogP contribution in [-0.4, -0.2) is 38.6 Å². The zero-order valence-corrected chi connectivity index (χ0v) is 11.6. The molecule has 0 radical (unpaired) electrons. The van der Waals surface area contributed by atoms with Crippen LogP contribution in [0.15, 0.2) is 18.3 Å². The minimum Gasteiger partial charge on any atom is -0.326 e. The molecular formula is C14H21N5. The Morgan fingerprint density at radius 2 is 2.21 bits per heavy atom. The number of nitrogens with zero attached hydrogens (tertiary/aromatic N) is 4. The van der Waals surface area contributed by atoms with Gasteiger partial charge in [-0.2, -0.15) is 0 Å². The van der Waals surface area contributed by atoms with Gasteiger partial charge in [-0.15, -0.1) is 10.2 Å². The first-order valence-corrected chi connectivity index (χ1v) is 6.96. The lowest BCUT2D eigenvalue weighted by molar-refractivity contribution is 0.271. The van der Waals surface area contributed by atoms with Gasteiger partial charge < -0.3 is 10.6 Å². The van der Waals surface area contributed by atoms with Crippen molar-refractivity contribution in [3.8, 4) is 0 Å². The van der Waals surface area contributed by atoms with Crippen molar-refractivity contribution >= 4 is 5.65 Å². The summed E-state index contributed by atoms with van der Waals surface area (Å²) in [6.07, 6.45) is 3.23. The minimum atomic E-state index is 0.477. The predicted octanol–water partition coefficient (Wildman–Crippen LogP) is 1.39. The van der Waals surface area contributed by atoms with Crippen LogP contribution in [0.4, 0.5) is 0 Å². The highest BCUT2D eigenvalue weighted by Gasteiger charge is 2.28. The van der Waals surface area contributed by atoms with Gasteiger partial charge >= 0.3 is 0 Å². The summed E-state index contributed by atoms with van der Waals surface area (Å²) in [5, 5.41) is 8.65. The van der Waals surface area contributed by atoms with E-state index in [1.165, 1.54) is 0 Å². The number of nitrogens with two attached hydrogens (primary N) is 1. The molecule has 1 aliphatic rings. The van der Waals surface area contributed by atoms with Crippen molar-refractivity contribution in [3.05, 3.63) is 29.7 Å². The fourth-order valence-electron chi connectivity index (χ4n) is 2.82. The molecule has 0 aromatic carbocycles. The van der Waals surface area contributed by atoms with Crippen molar-refractivity contribution < 1.29 is 0 Å². The lowest BCUT2D eigenvalue weighted by atomic mass is 10.1. The Bertz CT molecular complexity index is 574. The average Bonchev–Trinajstić information content (AvgIpc) is 3.03. The Hall–Kier alpha value is -1.46. The van der Waals surface area contributed by atoms with Crippen LogP contribution < -0.4 is 5.73 Å². The Morgan fingerprint density at radius 1 is 1.37 bits per heavy atom. The zero-order chi connectivity index (χ0) is 13.4. The molecular weight excluding hydrogens is 238 g/mol. The molecule has 0 spiro atoms. The van der Waals surface area contributed by atoms with Gasteiger partial charge in [-0.3, -0.25) is 4.40 Å². The number of aromatic nitrogens is 3. The molecule has 0 saturated carbocycles. The summed E-state index contributed by atoms with van der Waals surface area (Å²) in [7, 11) is 0. The average molecular weight is 259 g/mol.